The molecular weight excluding hydrogens is 528 g/mol. The molecular formula is C30H34N4O5S. The van der Waals surface area contributed by atoms with Crippen molar-refractivity contribution in [2.24, 2.45) is 0 Å². The topological polar surface area (TPSA) is 95.4 Å². The van der Waals surface area contributed by atoms with Crippen molar-refractivity contribution in [1.82, 2.24) is 14.8 Å². The molecule has 1 amide bonds. The van der Waals surface area contributed by atoms with Crippen molar-refractivity contribution in [2.45, 2.75) is 25.8 Å². The Morgan fingerprint density at radius 3 is 2.73 bits per heavy atom. The number of rotatable bonds is 9. The fraction of sp³-hybridized carbons (Fsp3) is 0.433. The summed E-state index contributed by atoms with van der Waals surface area (Å²) in [5.74, 6) is -0.0691. The lowest BCUT2D eigenvalue weighted by atomic mass is 9.98. The standard InChI is InChI=1S/C30H34N4O5S/c35-28(36)20-33-11-9-25-27(19-33)40-29(31-25)30(37)34-12-8-24-23(6-2-7-26(24)34)21-4-1-5-22(18-21)39-15-3-10-32-13-16-38-17-14-32/h1-2,4-7,18H,3,8-17,19-20H2,(H,35,36). The van der Waals surface area contributed by atoms with E-state index in [-0.39, 0.29) is 12.5 Å². The molecule has 1 fully saturated rings. The van der Waals surface area contributed by atoms with Crippen LogP contribution in [0, 0.1) is 0 Å². The van der Waals surface area contributed by atoms with Gasteiger partial charge in [-0.1, -0.05) is 24.3 Å². The van der Waals surface area contributed by atoms with Crippen LogP contribution in [0.3, 0.4) is 0 Å². The third kappa shape index (κ3) is 5.90. The Labute approximate surface area is 237 Å². The number of ether oxygens (including phenoxy) is 2. The molecule has 1 saturated heterocycles. The highest BCUT2D eigenvalue weighted by molar-refractivity contribution is 7.13. The number of amides is 1. The van der Waals surface area contributed by atoms with Crippen molar-refractivity contribution in [3.8, 4) is 16.9 Å². The largest absolute Gasteiger partial charge is 0.494 e. The molecule has 9 nitrogen and oxygen atoms in total. The molecule has 0 saturated carbocycles. The second kappa shape index (κ2) is 12.1. The number of benzene rings is 2. The number of aromatic nitrogens is 1. The lowest BCUT2D eigenvalue weighted by Gasteiger charge is -2.26. The number of thiazole rings is 1. The number of carbonyl (C=O) groups excluding carboxylic acids is 1. The fourth-order valence-electron chi connectivity index (χ4n) is 5.75. The van der Waals surface area contributed by atoms with Gasteiger partial charge < -0.3 is 19.5 Å². The molecule has 3 aliphatic rings. The quantitative estimate of drug-likeness (QED) is 0.396. The summed E-state index contributed by atoms with van der Waals surface area (Å²) in [6.07, 6.45) is 2.41. The number of morpholine rings is 1. The number of nitrogens with zero attached hydrogens (tertiary/aromatic N) is 4. The van der Waals surface area contributed by atoms with E-state index in [0.29, 0.717) is 37.7 Å². The van der Waals surface area contributed by atoms with Gasteiger partial charge in [0.05, 0.1) is 32.1 Å². The average Bonchev–Trinajstić information content (AvgIpc) is 3.60. The van der Waals surface area contributed by atoms with E-state index in [2.05, 4.69) is 28.1 Å². The predicted octanol–water partition coefficient (Wildman–Crippen LogP) is 3.56. The van der Waals surface area contributed by atoms with E-state index in [9.17, 15) is 9.59 Å². The SMILES string of the molecule is O=C(O)CN1CCc2nc(C(=O)N3CCc4c(-c5cccc(OCCCN6CCOCC6)c5)cccc43)sc2C1. The van der Waals surface area contributed by atoms with Gasteiger partial charge in [-0.15, -0.1) is 11.3 Å². The molecule has 0 bridgehead atoms. The summed E-state index contributed by atoms with van der Waals surface area (Å²) in [6.45, 7) is 7.07. The normalized spacial score (nSPS) is 17.4. The van der Waals surface area contributed by atoms with Crippen LogP contribution in [0.5, 0.6) is 5.75 Å². The fourth-order valence-corrected chi connectivity index (χ4v) is 6.85. The first-order chi connectivity index (χ1) is 19.5. The van der Waals surface area contributed by atoms with Gasteiger partial charge in [-0.25, -0.2) is 4.98 Å². The first-order valence-electron chi connectivity index (χ1n) is 13.9. The minimum absolute atomic E-state index is 0.00355. The number of carboxylic acid groups (broad SMARTS) is 1. The first kappa shape index (κ1) is 26.9. The summed E-state index contributed by atoms with van der Waals surface area (Å²) < 4.78 is 11.5. The number of hydrogen-bond donors (Lipinski definition) is 1. The van der Waals surface area contributed by atoms with Gasteiger partial charge in [0.1, 0.15) is 5.75 Å². The van der Waals surface area contributed by atoms with Gasteiger partial charge in [0.15, 0.2) is 5.01 Å². The summed E-state index contributed by atoms with van der Waals surface area (Å²) in [4.78, 5) is 36.5. The lowest BCUT2D eigenvalue weighted by Crippen LogP contribution is -2.37. The van der Waals surface area contributed by atoms with Crippen LogP contribution in [0.15, 0.2) is 42.5 Å². The Hall–Kier alpha value is -3.31. The molecule has 0 atom stereocenters. The summed E-state index contributed by atoms with van der Waals surface area (Å²) in [5.41, 5.74) is 5.22. The Morgan fingerprint density at radius 1 is 1.02 bits per heavy atom. The van der Waals surface area contributed by atoms with Crippen LogP contribution in [0.4, 0.5) is 5.69 Å². The summed E-state index contributed by atoms with van der Waals surface area (Å²) in [6, 6.07) is 14.3. The van der Waals surface area contributed by atoms with Crippen LogP contribution in [-0.4, -0.2) is 90.9 Å². The van der Waals surface area contributed by atoms with Gasteiger partial charge >= 0.3 is 5.97 Å². The molecule has 1 aromatic heterocycles. The monoisotopic (exact) mass is 562 g/mol. The minimum atomic E-state index is -0.838. The number of carboxylic acids is 1. The van der Waals surface area contributed by atoms with Crippen LogP contribution in [0.25, 0.3) is 11.1 Å². The van der Waals surface area contributed by atoms with Gasteiger partial charge in [0.25, 0.3) is 5.91 Å². The van der Waals surface area contributed by atoms with Crippen molar-refractivity contribution >= 4 is 28.9 Å². The van der Waals surface area contributed by atoms with E-state index in [1.165, 1.54) is 11.3 Å². The number of aliphatic carboxylic acids is 1. The van der Waals surface area contributed by atoms with Gasteiger partial charge in [0, 0.05) is 56.3 Å². The number of hydrogen-bond acceptors (Lipinski definition) is 8. The molecule has 0 unspecified atom stereocenters. The molecule has 2 aromatic carbocycles. The molecule has 40 heavy (non-hydrogen) atoms. The average molecular weight is 563 g/mol. The minimum Gasteiger partial charge on any atom is -0.494 e. The third-order valence-electron chi connectivity index (χ3n) is 7.76. The highest BCUT2D eigenvalue weighted by Gasteiger charge is 2.31. The summed E-state index contributed by atoms with van der Waals surface area (Å²) in [5, 5.41) is 9.61. The molecule has 6 rings (SSSR count). The maximum absolute atomic E-state index is 13.6. The summed E-state index contributed by atoms with van der Waals surface area (Å²) >= 11 is 1.39. The highest BCUT2D eigenvalue weighted by Crippen LogP contribution is 2.38. The molecule has 210 valence electrons. The van der Waals surface area contributed by atoms with Gasteiger partial charge in [-0.05, 0) is 47.7 Å². The van der Waals surface area contributed by atoms with Gasteiger partial charge in [-0.3, -0.25) is 19.4 Å². The number of fused-ring (bicyclic) bond motifs is 2. The number of anilines is 1. The maximum Gasteiger partial charge on any atom is 0.317 e. The summed E-state index contributed by atoms with van der Waals surface area (Å²) in [7, 11) is 0. The van der Waals surface area contributed by atoms with Crippen LogP contribution >= 0.6 is 11.3 Å². The van der Waals surface area contributed by atoms with Crippen LogP contribution < -0.4 is 9.64 Å². The van der Waals surface area contributed by atoms with Crippen molar-refractivity contribution in [2.75, 3.05) is 64.0 Å². The molecule has 0 radical (unpaired) electrons. The van der Waals surface area contributed by atoms with E-state index < -0.39 is 5.97 Å². The van der Waals surface area contributed by atoms with Crippen LogP contribution in [-0.2, 0) is 28.9 Å². The molecule has 4 heterocycles. The molecule has 1 N–H and O–H groups in total. The van der Waals surface area contributed by atoms with Crippen LogP contribution in [0.2, 0.25) is 0 Å². The predicted molar refractivity (Wildman–Crippen MR) is 153 cm³/mol. The maximum atomic E-state index is 13.6. The second-order valence-electron chi connectivity index (χ2n) is 10.4. The van der Waals surface area contributed by atoms with E-state index in [1.54, 1.807) is 0 Å². The third-order valence-corrected chi connectivity index (χ3v) is 8.83. The van der Waals surface area contributed by atoms with Crippen LogP contribution in [0.1, 0.15) is 32.4 Å². The van der Waals surface area contributed by atoms with Crippen molar-refractivity contribution in [3.63, 3.8) is 0 Å². The highest BCUT2D eigenvalue weighted by atomic mass is 32.1. The van der Waals surface area contributed by atoms with E-state index >= 15 is 0 Å². The zero-order chi connectivity index (χ0) is 27.5. The molecule has 3 aliphatic heterocycles. The molecule has 0 spiro atoms. The number of carbonyl (C=O) groups is 2. The molecule has 0 aliphatic carbocycles. The Morgan fingerprint density at radius 2 is 1.88 bits per heavy atom. The zero-order valence-electron chi connectivity index (χ0n) is 22.5. The van der Waals surface area contributed by atoms with E-state index in [1.807, 2.05) is 34.1 Å². The van der Waals surface area contributed by atoms with E-state index in [4.69, 9.17) is 14.6 Å². The molecule has 10 heteroatoms. The Bertz CT molecular complexity index is 1390. The zero-order valence-corrected chi connectivity index (χ0v) is 23.3. The lowest BCUT2D eigenvalue weighted by molar-refractivity contribution is -0.138. The smallest absolute Gasteiger partial charge is 0.317 e. The van der Waals surface area contributed by atoms with Crippen molar-refractivity contribution in [3.05, 3.63) is 63.6 Å². The Balaban J connectivity index is 1.13. The van der Waals surface area contributed by atoms with Gasteiger partial charge in [-0.2, -0.15) is 0 Å². The van der Waals surface area contributed by atoms with Crippen molar-refractivity contribution < 1.29 is 24.2 Å². The van der Waals surface area contributed by atoms with Crippen molar-refractivity contribution in [1.29, 1.82) is 0 Å². The van der Waals surface area contributed by atoms with E-state index in [0.717, 1.165) is 84.4 Å². The molecule has 3 aromatic rings. The Kier molecular flexibility index (Phi) is 8.10. The van der Waals surface area contributed by atoms with Gasteiger partial charge in [0.2, 0.25) is 0 Å². The first-order valence-corrected chi connectivity index (χ1v) is 14.8. The second-order valence-corrected chi connectivity index (χ2v) is 11.5.